The van der Waals surface area contributed by atoms with Gasteiger partial charge < -0.3 is 16.4 Å². The number of rotatable bonds is 6. The summed E-state index contributed by atoms with van der Waals surface area (Å²) in [7, 11) is 1.80. The van der Waals surface area contributed by atoms with E-state index in [-0.39, 0.29) is 12.3 Å². The highest BCUT2D eigenvalue weighted by Crippen LogP contribution is 2.19. The van der Waals surface area contributed by atoms with Gasteiger partial charge >= 0.3 is 0 Å². The Hall–Kier alpha value is -2.63. The number of hydrogen-bond acceptors (Lipinski definition) is 5. The predicted octanol–water partition coefficient (Wildman–Crippen LogP) is 1.47. The van der Waals surface area contributed by atoms with Gasteiger partial charge in [0.15, 0.2) is 5.82 Å². The van der Waals surface area contributed by atoms with Gasteiger partial charge in [0.2, 0.25) is 5.91 Å². The van der Waals surface area contributed by atoms with E-state index >= 15 is 0 Å². The van der Waals surface area contributed by atoms with Crippen molar-refractivity contribution < 1.29 is 4.79 Å². The van der Waals surface area contributed by atoms with E-state index in [1.807, 2.05) is 30.3 Å². The Labute approximate surface area is 117 Å². The molecule has 0 bridgehead atoms. The van der Waals surface area contributed by atoms with Crippen molar-refractivity contribution in [2.24, 2.45) is 5.73 Å². The molecule has 0 saturated heterocycles. The summed E-state index contributed by atoms with van der Waals surface area (Å²) >= 11 is 0. The van der Waals surface area contributed by atoms with E-state index < -0.39 is 0 Å². The lowest BCUT2D eigenvalue weighted by molar-refractivity contribution is -0.117. The standard InChI is InChI=1S/C14H17N5O/c1-16-12-9-13(17-8-7-11(15)20)19-14(18-12)10-5-3-2-4-6-10/h2-6,9H,7-8H2,1H3,(H2,15,20)(H2,16,17,18,19). The summed E-state index contributed by atoms with van der Waals surface area (Å²) in [5, 5.41) is 6.06. The maximum Gasteiger partial charge on any atom is 0.219 e. The molecule has 0 atom stereocenters. The van der Waals surface area contributed by atoms with Crippen molar-refractivity contribution in [2.45, 2.75) is 6.42 Å². The lowest BCUT2D eigenvalue weighted by Gasteiger charge is -2.09. The molecule has 1 aromatic carbocycles. The van der Waals surface area contributed by atoms with Crippen LogP contribution < -0.4 is 16.4 Å². The van der Waals surface area contributed by atoms with Crippen molar-refractivity contribution in [3.8, 4) is 11.4 Å². The number of anilines is 2. The molecular weight excluding hydrogens is 254 g/mol. The van der Waals surface area contributed by atoms with Gasteiger partial charge in [0.25, 0.3) is 0 Å². The van der Waals surface area contributed by atoms with Crippen molar-refractivity contribution >= 4 is 17.5 Å². The molecule has 6 heteroatoms. The minimum absolute atomic E-state index is 0.263. The summed E-state index contributed by atoms with van der Waals surface area (Å²) in [5.41, 5.74) is 6.04. The van der Waals surface area contributed by atoms with Crippen LogP contribution in [-0.4, -0.2) is 29.5 Å². The summed E-state index contributed by atoms with van der Waals surface area (Å²) in [6.45, 7) is 0.448. The molecule has 2 rings (SSSR count). The summed E-state index contributed by atoms with van der Waals surface area (Å²) in [4.78, 5) is 19.6. The van der Waals surface area contributed by atoms with Gasteiger partial charge in [0.1, 0.15) is 11.6 Å². The molecule has 0 aliphatic rings. The molecule has 1 amide bonds. The third-order valence-corrected chi connectivity index (χ3v) is 2.69. The number of benzene rings is 1. The van der Waals surface area contributed by atoms with E-state index in [2.05, 4.69) is 20.6 Å². The molecule has 1 aromatic heterocycles. The molecule has 104 valence electrons. The number of carbonyl (C=O) groups excluding carboxylic acids is 1. The van der Waals surface area contributed by atoms with Crippen molar-refractivity contribution in [3.05, 3.63) is 36.4 Å². The predicted molar refractivity (Wildman–Crippen MR) is 79.3 cm³/mol. The molecule has 0 aliphatic carbocycles. The van der Waals surface area contributed by atoms with E-state index in [4.69, 9.17) is 5.73 Å². The Kier molecular flexibility index (Phi) is 4.49. The molecule has 0 radical (unpaired) electrons. The van der Waals surface area contributed by atoms with Crippen LogP contribution in [-0.2, 0) is 4.79 Å². The zero-order valence-corrected chi connectivity index (χ0v) is 11.3. The number of amides is 1. The lowest BCUT2D eigenvalue weighted by atomic mass is 10.2. The normalized spacial score (nSPS) is 10.1. The fourth-order valence-electron chi connectivity index (χ4n) is 1.70. The Morgan fingerprint density at radius 1 is 1.20 bits per heavy atom. The molecule has 1 heterocycles. The van der Waals surface area contributed by atoms with Crippen LogP contribution in [0.25, 0.3) is 11.4 Å². The van der Waals surface area contributed by atoms with Gasteiger partial charge in [-0.25, -0.2) is 9.97 Å². The maximum absolute atomic E-state index is 10.7. The minimum Gasteiger partial charge on any atom is -0.373 e. The number of primary amides is 1. The van der Waals surface area contributed by atoms with Crippen LogP contribution in [0.2, 0.25) is 0 Å². The minimum atomic E-state index is -0.344. The van der Waals surface area contributed by atoms with Gasteiger partial charge in [-0.15, -0.1) is 0 Å². The number of aromatic nitrogens is 2. The van der Waals surface area contributed by atoms with Gasteiger partial charge in [-0.05, 0) is 0 Å². The summed E-state index contributed by atoms with van der Waals surface area (Å²) < 4.78 is 0. The van der Waals surface area contributed by atoms with Crippen LogP contribution in [0.1, 0.15) is 6.42 Å². The SMILES string of the molecule is CNc1cc(NCCC(N)=O)nc(-c2ccccc2)n1. The third-order valence-electron chi connectivity index (χ3n) is 2.69. The van der Waals surface area contributed by atoms with E-state index in [0.29, 0.717) is 24.0 Å². The van der Waals surface area contributed by atoms with Crippen LogP contribution in [0.15, 0.2) is 36.4 Å². The molecule has 0 spiro atoms. The van der Waals surface area contributed by atoms with Crippen molar-refractivity contribution in [2.75, 3.05) is 24.2 Å². The average molecular weight is 271 g/mol. The van der Waals surface area contributed by atoms with Crippen LogP contribution >= 0.6 is 0 Å². The number of hydrogen-bond donors (Lipinski definition) is 3. The number of nitrogens with two attached hydrogens (primary N) is 1. The first kappa shape index (κ1) is 13.8. The topological polar surface area (TPSA) is 92.9 Å². The van der Waals surface area contributed by atoms with Crippen LogP contribution in [0, 0.1) is 0 Å². The molecule has 6 nitrogen and oxygen atoms in total. The highest BCUT2D eigenvalue weighted by atomic mass is 16.1. The zero-order chi connectivity index (χ0) is 14.4. The third kappa shape index (κ3) is 3.68. The fourth-order valence-corrected chi connectivity index (χ4v) is 1.70. The van der Waals surface area contributed by atoms with E-state index in [1.54, 1.807) is 13.1 Å². The van der Waals surface area contributed by atoms with Gasteiger partial charge in [0, 0.05) is 31.6 Å². The first-order valence-corrected chi connectivity index (χ1v) is 6.33. The summed E-state index contributed by atoms with van der Waals surface area (Å²) in [6, 6.07) is 11.5. The van der Waals surface area contributed by atoms with Crippen molar-refractivity contribution in [1.29, 1.82) is 0 Å². The smallest absolute Gasteiger partial charge is 0.219 e. The highest BCUT2D eigenvalue weighted by Gasteiger charge is 2.06. The summed E-state index contributed by atoms with van der Waals surface area (Å²) in [5.74, 6) is 1.65. The molecule has 0 aliphatic heterocycles. The number of carbonyl (C=O) groups is 1. The first-order valence-electron chi connectivity index (χ1n) is 6.33. The van der Waals surface area contributed by atoms with E-state index in [0.717, 1.165) is 5.56 Å². The highest BCUT2D eigenvalue weighted by molar-refractivity contribution is 5.74. The van der Waals surface area contributed by atoms with Crippen LogP contribution in [0.5, 0.6) is 0 Å². The first-order chi connectivity index (χ1) is 9.69. The van der Waals surface area contributed by atoms with E-state index in [9.17, 15) is 4.79 Å². The monoisotopic (exact) mass is 271 g/mol. The Morgan fingerprint density at radius 2 is 1.90 bits per heavy atom. The van der Waals surface area contributed by atoms with Crippen LogP contribution in [0.4, 0.5) is 11.6 Å². The largest absolute Gasteiger partial charge is 0.373 e. The molecule has 4 N–H and O–H groups in total. The second-order valence-corrected chi connectivity index (χ2v) is 4.22. The maximum atomic E-state index is 10.7. The Bertz CT molecular complexity index is 585. The van der Waals surface area contributed by atoms with Gasteiger partial charge in [-0.2, -0.15) is 0 Å². The van der Waals surface area contributed by atoms with Crippen molar-refractivity contribution in [1.82, 2.24) is 9.97 Å². The zero-order valence-electron chi connectivity index (χ0n) is 11.3. The van der Waals surface area contributed by atoms with Crippen molar-refractivity contribution in [3.63, 3.8) is 0 Å². The average Bonchev–Trinajstić information content (AvgIpc) is 2.47. The molecule has 0 fully saturated rings. The van der Waals surface area contributed by atoms with Gasteiger partial charge in [-0.1, -0.05) is 30.3 Å². The molecule has 20 heavy (non-hydrogen) atoms. The Balaban J connectivity index is 2.22. The Morgan fingerprint density at radius 3 is 2.55 bits per heavy atom. The van der Waals surface area contributed by atoms with Crippen LogP contribution in [0.3, 0.4) is 0 Å². The molecule has 2 aromatic rings. The lowest BCUT2D eigenvalue weighted by Crippen LogP contribution is -2.16. The number of nitrogens with one attached hydrogen (secondary N) is 2. The van der Waals surface area contributed by atoms with E-state index in [1.165, 1.54) is 0 Å². The molecular formula is C14H17N5O. The van der Waals surface area contributed by atoms with Gasteiger partial charge in [-0.3, -0.25) is 4.79 Å². The number of nitrogens with zero attached hydrogens (tertiary/aromatic N) is 2. The molecule has 0 unspecified atom stereocenters. The summed E-state index contributed by atoms with van der Waals surface area (Å²) in [6.07, 6.45) is 0.263. The quantitative estimate of drug-likeness (QED) is 0.740. The second-order valence-electron chi connectivity index (χ2n) is 4.22. The fraction of sp³-hybridized carbons (Fsp3) is 0.214. The van der Waals surface area contributed by atoms with Gasteiger partial charge in [0.05, 0.1) is 0 Å². The second kappa shape index (κ2) is 6.51. The molecule has 0 saturated carbocycles.